The van der Waals surface area contributed by atoms with E-state index in [0.29, 0.717) is 33.9 Å². The standard InChI is InChI=1S/C25H19N9O4/c26-18-22(33-24(37-18)12-3-1-5-14(35)7-12)31-20-16-9-28-10-17(16)21(30-11-29-20)32-23-19(27)38-25(34-23)13-4-2-6-15(36)8-13/h1-11,35-36H,26-27H2,(H2,29,30,31,32). The van der Waals surface area contributed by atoms with Crippen LogP contribution in [0, 0.1) is 0 Å². The number of fused-ring (bicyclic) bond motifs is 1. The highest BCUT2D eigenvalue weighted by molar-refractivity contribution is 5.87. The maximum Gasteiger partial charge on any atom is 0.236 e. The van der Waals surface area contributed by atoms with Gasteiger partial charge in [0.15, 0.2) is 11.6 Å². The minimum absolute atomic E-state index is 0.0328. The second-order valence-electron chi connectivity index (χ2n) is 8.12. The minimum atomic E-state index is 0.0328. The van der Waals surface area contributed by atoms with Crippen molar-refractivity contribution in [2.75, 3.05) is 22.1 Å². The highest BCUT2D eigenvalue weighted by Gasteiger charge is 2.21. The van der Waals surface area contributed by atoms with E-state index in [0.717, 1.165) is 0 Å². The molecule has 2 aliphatic heterocycles. The Bertz CT molecular complexity index is 1620. The first kappa shape index (κ1) is 22.6. The van der Waals surface area contributed by atoms with Crippen molar-refractivity contribution in [2.24, 2.45) is 0 Å². The summed E-state index contributed by atoms with van der Waals surface area (Å²) in [6.07, 6.45) is 4.55. The highest BCUT2D eigenvalue weighted by atomic mass is 16.4. The lowest BCUT2D eigenvalue weighted by Gasteiger charge is -2.06. The summed E-state index contributed by atoms with van der Waals surface area (Å²) >= 11 is 0. The van der Waals surface area contributed by atoms with Crippen LogP contribution in [0.2, 0.25) is 0 Å². The van der Waals surface area contributed by atoms with Crippen LogP contribution in [0.25, 0.3) is 34.0 Å². The molecule has 0 saturated heterocycles. The van der Waals surface area contributed by atoms with Gasteiger partial charge in [-0.15, -0.1) is 0 Å². The van der Waals surface area contributed by atoms with Gasteiger partial charge in [0.25, 0.3) is 0 Å². The monoisotopic (exact) mass is 509 g/mol. The SMILES string of the molecule is Nc1oc(-c2cccc(O)c2)nc1Nc1ncnc(Nc2nc(-c3cccc(O)c3)oc2N)c2cncc1-2. The summed E-state index contributed by atoms with van der Waals surface area (Å²) in [7, 11) is 0. The molecule has 188 valence electrons. The molecular formula is C25H19N9O4. The summed E-state index contributed by atoms with van der Waals surface area (Å²) < 4.78 is 11.2. The number of phenols is 2. The molecule has 0 fully saturated rings. The summed E-state index contributed by atoms with van der Waals surface area (Å²) in [5.74, 6) is 1.86. The van der Waals surface area contributed by atoms with Gasteiger partial charge in [-0.1, -0.05) is 12.1 Å². The Morgan fingerprint density at radius 1 is 0.658 bits per heavy atom. The first-order valence-corrected chi connectivity index (χ1v) is 11.2. The molecule has 13 nitrogen and oxygen atoms in total. The average molecular weight is 509 g/mol. The molecule has 8 N–H and O–H groups in total. The second-order valence-corrected chi connectivity index (χ2v) is 8.12. The molecule has 0 amide bonds. The lowest BCUT2D eigenvalue weighted by atomic mass is 10.2. The van der Waals surface area contributed by atoms with Crippen LogP contribution in [0.5, 0.6) is 11.5 Å². The third kappa shape index (κ3) is 4.19. The maximum absolute atomic E-state index is 9.75. The number of anilines is 6. The highest BCUT2D eigenvalue weighted by Crippen LogP contribution is 2.38. The smallest absolute Gasteiger partial charge is 0.236 e. The number of nitrogen functional groups attached to an aromatic ring is 2. The zero-order valence-corrected chi connectivity index (χ0v) is 19.5. The van der Waals surface area contributed by atoms with Crippen LogP contribution < -0.4 is 22.1 Å². The Balaban J connectivity index is 1.29. The number of benzene rings is 2. The van der Waals surface area contributed by atoms with E-state index in [1.165, 1.54) is 18.5 Å². The molecule has 0 spiro atoms. The third-order valence-corrected chi connectivity index (χ3v) is 5.55. The van der Waals surface area contributed by atoms with Gasteiger partial charge in [-0.25, -0.2) is 9.97 Å². The van der Waals surface area contributed by atoms with Gasteiger partial charge in [0.05, 0.1) is 0 Å². The number of hydrogen-bond donors (Lipinski definition) is 6. The Labute approximate surface area is 214 Å². The number of aromatic hydroxyl groups is 2. The van der Waals surface area contributed by atoms with Gasteiger partial charge >= 0.3 is 0 Å². The molecule has 4 heterocycles. The summed E-state index contributed by atoms with van der Waals surface area (Å²) in [5, 5.41) is 25.6. The molecule has 2 aromatic heterocycles. The van der Waals surface area contributed by atoms with E-state index in [-0.39, 0.29) is 46.7 Å². The first-order valence-electron chi connectivity index (χ1n) is 11.2. The van der Waals surface area contributed by atoms with Gasteiger partial charge in [-0.05, 0) is 36.4 Å². The van der Waals surface area contributed by atoms with Crippen LogP contribution >= 0.6 is 0 Å². The van der Waals surface area contributed by atoms with E-state index in [1.807, 2.05) is 0 Å². The van der Waals surface area contributed by atoms with Crippen molar-refractivity contribution < 1.29 is 19.0 Å². The summed E-state index contributed by atoms with van der Waals surface area (Å²) in [6, 6.07) is 12.9. The molecule has 38 heavy (non-hydrogen) atoms. The van der Waals surface area contributed by atoms with Gasteiger partial charge in [-0.3, -0.25) is 4.98 Å². The molecular weight excluding hydrogens is 490 g/mol. The zero-order valence-electron chi connectivity index (χ0n) is 19.5. The van der Waals surface area contributed by atoms with Crippen LogP contribution in [0.1, 0.15) is 0 Å². The Kier molecular flexibility index (Phi) is 5.34. The predicted octanol–water partition coefficient (Wildman–Crippen LogP) is 4.35. The van der Waals surface area contributed by atoms with Gasteiger partial charge < -0.3 is 41.1 Å². The van der Waals surface area contributed by atoms with Gasteiger partial charge in [-0.2, -0.15) is 9.97 Å². The van der Waals surface area contributed by atoms with Crippen molar-refractivity contribution in [1.82, 2.24) is 24.9 Å². The maximum atomic E-state index is 9.75. The minimum Gasteiger partial charge on any atom is -0.508 e. The van der Waals surface area contributed by atoms with Crippen LogP contribution in [0.15, 0.2) is 76.1 Å². The Morgan fingerprint density at radius 3 is 1.58 bits per heavy atom. The van der Waals surface area contributed by atoms with E-state index < -0.39 is 0 Å². The molecule has 2 aliphatic rings. The number of hydrogen-bond acceptors (Lipinski definition) is 13. The van der Waals surface area contributed by atoms with E-state index in [2.05, 4.69) is 35.6 Å². The quantitative estimate of drug-likeness (QED) is 0.185. The van der Waals surface area contributed by atoms with Gasteiger partial charge in [0.1, 0.15) is 29.5 Å². The molecule has 0 bridgehead atoms. The molecule has 0 unspecified atom stereocenters. The van der Waals surface area contributed by atoms with Crippen LogP contribution in [0.4, 0.5) is 35.0 Å². The molecule has 0 atom stereocenters. The summed E-state index contributed by atoms with van der Waals surface area (Å²) in [4.78, 5) is 21.8. The fraction of sp³-hybridized carbons (Fsp3) is 0. The van der Waals surface area contributed by atoms with Crippen molar-refractivity contribution in [3.8, 4) is 45.5 Å². The molecule has 0 radical (unpaired) electrons. The van der Waals surface area contributed by atoms with Crippen LogP contribution in [0.3, 0.4) is 0 Å². The van der Waals surface area contributed by atoms with Gasteiger partial charge in [0, 0.05) is 34.6 Å². The van der Waals surface area contributed by atoms with Crippen LogP contribution in [-0.2, 0) is 0 Å². The van der Waals surface area contributed by atoms with Crippen LogP contribution in [-0.4, -0.2) is 35.1 Å². The van der Waals surface area contributed by atoms with Crippen molar-refractivity contribution in [3.05, 3.63) is 67.3 Å². The molecule has 6 rings (SSSR count). The second kappa shape index (κ2) is 8.98. The largest absolute Gasteiger partial charge is 0.508 e. The Hall–Kier alpha value is -5.85. The van der Waals surface area contributed by atoms with E-state index in [1.54, 1.807) is 48.8 Å². The molecule has 0 aliphatic carbocycles. The fourth-order valence-corrected chi connectivity index (χ4v) is 3.78. The number of rotatable bonds is 6. The molecule has 13 heteroatoms. The number of aromatic nitrogens is 5. The predicted molar refractivity (Wildman–Crippen MR) is 139 cm³/mol. The van der Waals surface area contributed by atoms with E-state index in [9.17, 15) is 10.2 Å². The molecule has 2 aromatic carbocycles. The molecule has 0 saturated carbocycles. The summed E-state index contributed by atoms with van der Waals surface area (Å²) in [6.45, 7) is 0. The fourth-order valence-electron chi connectivity index (χ4n) is 3.78. The molecule has 4 aromatic rings. The van der Waals surface area contributed by atoms with Crippen molar-refractivity contribution in [2.45, 2.75) is 0 Å². The van der Waals surface area contributed by atoms with E-state index >= 15 is 0 Å². The topological polar surface area (TPSA) is 207 Å². The third-order valence-electron chi connectivity index (χ3n) is 5.55. The zero-order chi connectivity index (χ0) is 26.2. The first-order chi connectivity index (χ1) is 18.4. The van der Waals surface area contributed by atoms with Crippen molar-refractivity contribution in [3.63, 3.8) is 0 Å². The number of oxazole rings is 2. The van der Waals surface area contributed by atoms with Crippen molar-refractivity contribution in [1.29, 1.82) is 0 Å². The van der Waals surface area contributed by atoms with Gasteiger partial charge in [0.2, 0.25) is 23.5 Å². The number of nitrogens with one attached hydrogen (secondary N) is 2. The Morgan fingerprint density at radius 2 is 1.13 bits per heavy atom. The average Bonchev–Trinajstić information content (AvgIpc) is 3.59. The lowest BCUT2D eigenvalue weighted by Crippen LogP contribution is -1.98. The normalized spacial score (nSPS) is 11.1. The number of phenolic OH excluding ortho intramolecular Hbond substituents is 2. The van der Waals surface area contributed by atoms with E-state index in [4.69, 9.17) is 20.3 Å². The number of nitrogens with zero attached hydrogens (tertiary/aromatic N) is 5. The summed E-state index contributed by atoms with van der Waals surface area (Å²) in [5.41, 5.74) is 14.4. The van der Waals surface area contributed by atoms with Crippen molar-refractivity contribution >= 4 is 35.0 Å². The number of nitrogens with two attached hydrogens (primary N) is 2. The lowest BCUT2D eigenvalue weighted by molar-refractivity contribution is 0.474.